The maximum atomic E-state index is 13.0. The van der Waals surface area contributed by atoms with Gasteiger partial charge in [0.15, 0.2) is 0 Å². The van der Waals surface area contributed by atoms with Crippen LogP contribution >= 0.6 is 0 Å². The molecule has 0 radical (unpaired) electrons. The van der Waals surface area contributed by atoms with Gasteiger partial charge in [-0.15, -0.1) is 0 Å². The third kappa shape index (κ3) is 5.15. The third-order valence-electron chi connectivity index (χ3n) is 4.61. The predicted molar refractivity (Wildman–Crippen MR) is 104 cm³/mol. The Morgan fingerprint density at radius 1 is 1.07 bits per heavy atom. The van der Waals surface area contributed by atoms with Crippen molar-refractivity contribution in [2.24, 2.45) is 0 Å². The van der Waals surface area contributed by atoms with Gasteiger partial charge in [-0.3, -0.25) is 4.79 Å². The van der Waals surface area contributed by atoms with Crippen molar-refractivity contribution in [3.8, 4) is 0 Å². The summed E-state index contributed by atoms with van der Waals surface area (Å²) in [5.41, 5.74) is 2.25. The van der Waals surface area contributed by atoms with Gasteiger partial charge >= 0.3 is 0 Å². The summed E-state index contributed by atoms with van der Waals surface area (Å²) in [5.74, 6) is -0.419. The Balaban J connectivity index is 1.84. The van der Waals surface area contributed by atoms with Crippen molar-refractivity contribution in [3.05, 3.63) is 71.3 Å². The second-order valence-electron chi connectivity index (χ2n) is 6.58. The third-order valence-corrected chi connectivity index (χ3v) is 5.89. The minimum absolute atomic E-state index is 0.167. The summed E-state index contributed by atoms with van der Waals surface area (Å²) in [7, 11) is -3.72. The van der Waals surface area contributed by atoms with Crippen LogP contribution < -0.4 is 4.72 Å². The van der Waals surface area contributed by atoms with Crippen molar-refractivity contribution in [2.45, 2.75) is 18.7 Å². The molecule has 0 spiro atoms. The monoisotopic (exact) mass is 388 g/mol. The van der Waals surface area contributed by atoms with E-state index in [0.717, 1.165) is 11.1 Å². The van der Waals surface area contributed by atoms with Gasteiger partial charge in [-0.2, -0.15) is 4.72 Å². The lowest BCUT2D eigenvalue weighted by Gasteiger charge is -2.31. The fraction of sp³-hybridized carbons (Fsp3) is 0.350. The Kier molecular flexibility index (Phi) is 6.26. The first-order valence-corrected chi connectivity index (χ1v) is 10.6. The van der Waals surface area contributed by atoms with Gasteiger partial charge in [-0.25, -0.2) is 8.42 Å². The van der Waals surface area contributed by atoms with E-state index < -0.39 is 16.1 Å². The second kappa shape index (κ2) is 8.65. The molecule has 0 unspecified atom stereocenters. The molecular formula is C20H24N2O4S. The Morgan fingerprint density at radius 3 is 2.37 bits per heavy atom. The van der Waals surface area contributed by atoms with Crippen LogP contribution in [0, 0.1) is 6.92 Å². The summed E-state index contributed by atoms with van der Waals surface area (Å²) in [6, 6.07) is 15.3. The van der Waals surface area contributed by atoms with Crippen LogP contribution in [0.1, 0.15) is 22.7 Å². The van der Waals surface area contributed by atoms with E-state index in [2.05, 4.69) is 4.72 Å². The molecule has 1 amide bonds. The topological polar surface area (TPSA) is 75.7 Å². The van der Waals surface area contributed by atoms with Crippen molar-refractivity contribution in [3.63, 3.8) is 0 Å². The summed E-state index contributed by atoms with van der Waals surface area (Å²) in [5, 5.41) is 0. The van der Waals surface area contributed by atoms with Crippen LogP contribution in [0.15, 0.2) is 54.6 Å². The van der Waals surface area contributed by atoms with Crippen LogP contribution in [-0.4, -0.2) is 45.5 Å². The van der Waals surface area contributed by atoms with Gasteiger partial charge in [0, 0.05) is 13.1 Å². The van der Waals surface area contributed by atoms with Crippen LogP contribution in [0.25, 0.3) is 0 Å². The van der Waals surface area contributed by atoms with E-state index in [1.807, 2.05) is 31.2 Å². The van der Waals surface area contributed by atoms with Crippen LogP contribution in [0.2, 0.25) is 0 Å². The van der Waals surface area contributed by atoms with Crippen LogP contribution in [0.3, 0.4) is 0 Å². The number of sulfonamides is 1. The summed E-state index contributed by atoms with van der Waals surface area (Å²) < 4.78 is 33.6. The standard InChI is InChI=1S/C20H24N2O4S/c1-16-7-5-6-10-18(16)15-27(24,25)21-19(17-8-3-2-4-9-17)20(23)22-11-13-26-14-12-22/h2-10,19,21H,11-15H2,1H3/t19-/m0/s1. The molecule has 1 aliphatic heterocycles. The van der Waals surface area contributed by atoms with Gasteiger partial charge in [-0.05, 0) is 23.6 Å². The van der Waals surface area contributed by atoms with Gasteiger partial charge < -0.3 is 9.64 Å². The molecule has 6 nitrogen and oxygen atoms in total. The Hall–Kier alpha value is -2.22. The van der Waals surface area contributed by atoms with Crippen molar-refractivity contribution in [1.29, 1.82) is 0 Å². The van der Waals surface area contributed by atoms with E-state index in [-0.39, 0.29) is 11.7 Å². The summed E-state index contributed by atoms with van der Waals surface area (Å²) in [6.45, 7) is 3.72. The number of ether oxygens (including phenoxy) is 1. The molecule has 2 aromatic carbocycles. The molecule has 0 saturated carbocycles. The molecule has 0 aromatic heterocycles. The number of amides is 1. The van der Waals surface area contributed by atoms with E-state index in [1.165, 1.54) is 0 Å². The Bertz CT molecular complexity index is 878. The Labute approximate surface area is 160 Å². The fourth-order valence-electron chi connectivity index (χ4n) is 3.07. The summed E-state index contributed by atoms with van der Waals surface area (Å²) >= 11 is 0. The molecule has 1 saturated heterocycles. The van der Waals surface area contributed by atoms with Crippen molar-refractivity contribution in [2.75, 3.05) is 26.3 Å². The average molecular weight is 388 g/mol. The maximum Gasteiger partial charge on any atom is 0.245 e. The molecule has 1 aliphatic rings. The zero-order valence-electron chi connectivity index (χ0n) is 15.3. The molecule has 0 aliphatic carbocycles. The van der Waals surface area contributed by atoms with Gasteiger partial charge in [0.25, 0.3) is 0 Å². The first kappa shape index (κ1) is 19.5. The minimum Gasteiger partial charge on any atom is -0.378 e. The number of nitrogens with zero attached hydrogens (tertiary/aromatic N) is 1. The number of carbonyl (C=O) groups excluding carboxylic acids is 1. The van der Waals surface area contributed by atoms with Gasteiger partial charge in [-0.1, -0.05) is 54.6 Å². The number of aryl methyl sites for hydroxylation is 1. The number of nitrogens with one attached hydrogen (secondary N) is 1. The molecule has 1 fully saturated rings. The number of benzene rings is 2. The molecule has 144 valence electrons. The van der Waals surface area contributed by atoms with E-state index >= 15 is 0 Å². The van der Waals surface area contributed by atoms with Gasteiger partial charge in [0.1, 0.15) is 6.04 Å². The number of hydrogen-bond donors (Lipinski definition) is 1. The van der Waals surface area contributed by atoms with Crippen molar-refractivity contribution >= 4 is 15.9 Å². The molecule has 0 bridgehead atoms. The molecule has 3 rings (SSSR count). The highest BCUT2D eigenvalue weighted by atomic mass is 32.2. The summed E-state index contributed by atoms with van der Waals surface area (Å²) in [4.78, 5) is 14.7. The maximum absolute atomic E-state index is 13.0. The first-order chi connectivity index (χ1) is 13.0. The van der Waals surface area contributed by atoms with Gasteiger partial charge in [0.05, 0.1) is 19.0 Å². The van der Waals surface area contributed by atoms with Crippen LogP contribution in [0.4, 0.5) is 0 Å². The highest BCUT2D eigenvalue weighted by Gasteiger charge is 2.30. The minimum atomic E-state index is -3.72. The van der Waals surface area contributed by atoms with E-state index in [9.17, 15) is 13.2 Å². The molecule has 2 aromatic rings. The lowest BCUT2D eigenvalue weighted by atomic mass is 10.1. The quantitative estimate of drug-likeness (QED) is 0.821. The molecule has 7 heteroatoms. The van der Waals surface area contributed by atoms with E-state index in [4.69, 9.17) is 4.74 Å². The number of carbonyl (C=O) groups is 1. The number of morpholine rings is 1. The predicted octanol–water partition coefficient (Wildman–Crippen LogP) is 2.01. The molecule has 27 heavy (non-hydrogen) atoms. The van der Waals surface area contributed by atoms with Gasteiger partial charge in [0.2, 0.25) is 15.9 Å². The largest absolute Gasteiger partial charge is 0.378 e. The van der Waals surface area contributed by atoms with Crippen LogP contribution in [-0.2, 0) is 25.3 Å². The smallest absolute Gasteiger partial charge is 0.245 e. The molecule has 1 atom stereocenters. The number of hydrogen-bond acceptors (Lipinski definition) is 4. The van der Waals surface area contributed by atoms with E-state index in [1.54, 1.807) is 35.2 Å². The average Bonchev–Trinajstić information content (AvgIpc) is 2.69. The Morgan fingerprint density at radius 2 is 1.70 bits per heavy atom. The van der Waals surface area contributed by atoms with Crippen molar-refractivity contribution in [1.82, 2.24) is 9.62 Å². The number of rotatable bonds is 6. The summed E-state index contributed by atoms with van der Waals surface area (Å²) in [6.07, 6.45) is 0. The lowest BCUT2D eigenvalue weighted by Crippen LogP contribution is -2.47. The van der Waals surface area contributed by atoms with Crippen molar-refractivity contribution < 1.29 is 17.9 Å². The SMILES string of the molecule is Cc1ccccc1CS(=O)(=O)N[C@H](C(=O)N1CCOCC1)c1ccccc1. The fourth-order valence-corrected chi connectivity index (χ4v) is 4.48. The van der Waals surface area contributed by atoms with E-state index in [0.29, 0.717) is 31.9 Å². The van der Waals surface area contributed by atoms with Crippen LogP contribution in [0.5, 0.6) is 0 Å². The lowest BCUT2D eigenvalue weighted by molar-refractivity contribution is -0.137. The first-order valence-electron chi connectivity index (χ1n) is 8.92. The molecular weight excluding hydrogens is 364 g/mol. The highest BCUT2D eigenvalue weighted by Crippen LogP contribution is 2.20. The normalized spacial score (nSPS) is 16.1. The highest BCUT2D eigenvalue weighted by molar-refractivity contribution is 7.88. The second-order valence-corrected chi connectivity index (χ2v) is 8.34. The molecule has 1 heterocycles. The molecule has 1 N–H and O–H groups in total. The zero-order valence-corrected chi connectivity index (χ0v) is 16.1. The zero-order chi connectivity index (χ0) is 19.3.